The van der Waals surface area contributed by atoms with E-state index in [4.69, 9.17) is 14.2 Å². The van der Waals surface area contributed by atoms with Crippen molar-refractivity contribution >= 4 is 0 Å². The van der Waals surface area contributed by atoms with E-state index in [1.165, 1.54) is 0 Å². The van der Waals surface area contributed by atoms with Crippen LogP contribution in [0.4, 0.5) is 0 Å². The third-order valence-corrected chi connectivity index (χ3v) is 6.75. The Morgan fingerprint density at radius 2 is 1.46 bits per heavy atom. The van der Waals surface area contributed by atoms with Crippen LogP contribution in [-0.4, -0.2) is 32.2 Å². The molecule has 1 aliphatic heterocycles. The van der Waals surface area contributed by atoms with Gasteiger partial charge in [0.25, 0.3) is 0 Å². The molecule has 0 saturated carbocycles. The molecule has 7 rings (SSSR count). The summed E-state index contributed by atoms with van der Waals surface area (Å²) in [7, 11) is 3.40. The summed E-state index contributed by atoms with van der Waals surface area (Å²) in [4.78, 5) is 0. The SMILES string of the molecule is COCC12c3ccccc3C3(c4ccccc41)c1c(ccc(O)c12)O[C@@H]3OC. The summed E-state index contributed by atoms with van der Waals surface area (Å²) in [5.41, 5.74) is 5.29. The monoisotopic (exact) mass is 372 g/mol. The van der Waals surface area contributed by atoms with E-state index >= 15 is 0 Å². The number of phenolic OH excluding ortho intramolecular Hbond substituents is 1. The largest absolute Gasteiger partial charge is 0.508 e. The van der Waals surface area contributed by atoms with Gasteiger partial charge in [0.15, 0.2) is 0 Å². The Morgan fingerprint density at radius 3 is 2.04 bits per heavy atom. The minimum atomic E-state index is -0.610. The van der Waals surface area contributed by atoms with Crippen molar-refractivity contribution in [1.82, 2.24) is 0 Å². The van der Waals surface area contributed by atoms with Gasteiger partial charge in [0.2, 0.25) is 6.29 Å². The van der Waals surface area contributed by atoms with Crippen LogP contribution in [0.15, 0.2) is 60.7 Å². The van der Waals surface area contributed by atoms with Crippen LogP contribution in [0.3, 0.4) is 0 Å². The van der Waals surface area contributed by atoms with E-state index in [-0.39, 0.29) is 5.75 Å². The molecular weight excluding hydrogens is 352 g/mol. The lowest BCUT2D eigenvalue weighted by molar-refractivity contribution is -0.0691. The molecule has 140 valence electrons. The zero-order valence-corrected chi connectivity index (χ0v) is 15.7. The van der Waals surface area contributed by atoms with Gasteiger partial charge in [-0.2, -0.15) is 0 Å². The fourth-order valence-corrected chi connectivity index (χ4v) is 5.97. The summed E-state index contributed by atoms with van der Waals surface area (Å²) < 4.78 is 18.0. The molecule has 0 amide bonds. The molecule has 1 heterocycles. The zero-order chi connectivity index (χ0) is 19.1. The van der Waals surface area contributed by atoms with Gasteiger partial charge in [-0.25, -0.2) is 0 Å². The van der Waals surface area contributed by atoms with Gasteiger partial charge in [-0.15, -0.1) is 0 Å². The minimum Gasteiger partial charge on any atom is -0.508 e. The van der Waals surface area contributed by atoms with Crippen molar-refractivity contribution in [3.63, 3.8) is 0 Å². The molecule has 3 aromatic carbocycles. The van der Waals surface area contributed by atoms with Gasteiger partial charge in [0, 0.05) is 25.3 Å². The molecule has 0 unspecified atom stereocenters. The highest BCUT2D eigenvalue weighted by atomic mass is 16.7. The van der Waals surface area contributed by atoms with Crippen LogP contribution in [0.5, 0.6) is 11.5 Å². The van der Waals surface area contributed by atoms with E-state index in [1.807, 2.05) is 18.2 Å². The molecule has 2 bridgehead atoms. The van der Waals surface area contributed by atoms with Gasteiger partial charge in [-0.1, -0.05) is 48.5 Å². The number of benzene rings is 3. The second kappa shape index (κ2) is 5.16. The highest BCUT2D eigenvalue weighted by molar-refractivity contribution is 5.81. The fourth-order valence-electron chi connectivity index (χ4n) is 5.97. The predicted molar refractivity (Wildman–Crippen MR) is 104 cm³/mol. The topological polar surface area (TPSA) is 47.9 Å². The highest BCUT2D eigenvalue weighted by Gasteiger charge is 2.67. The van der Waals surface area contributed by atoms with Crippen LogP contribution >= 0.6 is 0 Å². The van der Waals surface area contributed by atoms with E-state index in [0.717, 1.165) is 39.1 Å². The molecule has 0 aromatic heterocycles. The van der Waals surface area contributed by atoms with Gasteiger partial charge < -0.3 is 19.3 Å². The summed E-state index contributed by atoms with van der Waals surface area (Å²) >= 11 is 0. The second-order valence-electron chi connectivity index (χ2n) is 7.76. The van der Waals surface area contributed by atoms with E-state index in [9.17, 15) is 5.11 Å². The van der Waals surface area contributed by atoms with Gasteiger partial charge >= 0.3 is 0 Å². The van der Waals surface area contributed by atoms with Crippen molar-refractivity contribution in [2.75, 3.05) is 20.8 Å². The molecule has 4 heteroatoms. The predicted octanol–water partition coefficient (Wildman–Crippen LogP) is 3.70. The maximum Gasteiger partial charge on any atom is 0.217 e. The Balaban J connectivity index is 1.90. The number of rotatable bonds is 3. The Bertz CT molecular complexity index is 1090. The molecule has 4 aliphatic rings. The zero-order valence-electron chi connectivity index (χ0n) is 15.7. The van der Waals surface area contributed by atoms with Crippen molar-refractivity contribution in [3.05, 3.63) is 94.0 Å². The molecule has 1 N–H and O–H groups in total. The van der Waals surface area contributed by atoms with Crippen molar-refractivity contribution in [1.29, 1.82) is 0 Å². The quantitative estimate of drug-likeness (QED) is 0.762. The second-order valence-corrected chi connectivity index (χ2v) is 7.76. The van der Waals surface area contributed by atoms with Crippen LogP contribution in [0.2, 0.25) is 0 Å². The summed E-state index contributed by atoms with van der Waals surface area (Å²) in [5, 5.41) is 11.1. The maximum absolute atomic E-state index is 11.1. The van der Waals surface area contributed by atoms with Crippen molar-refractivity contribution in [3.8, 4) is 11.5 Å². The van der Waals surface area contributed by atoms with E-state index in [0.29, 0.717) is 6.61 Å². The first-order valence-electron chi connectivity index (χ1n) is 9.46. The Hall–Kier alpha value is -2.82. The number of phenols is 1. The third kappa shape index (κ3) is 1.47. The summed E-state index contributed by atoms with van der Waals surface area (Å²) in [6, 6.07) is 20.4. The number of hydrogen-bond acceptors (Lipinski definition) is 4. The summed E-state index contributed by atoms with van der Waals surface area (Å²) in [5.74, 6) is 1.04. The van der Waals surface area contributed by atoms with E-state index in [2.05, 4.69) is 36.4 Å². The molecular formula is C24H20O4. The Kier molecular flexibility index (Phi) is 2.98. The van der Waals surface area contributed by atoms with Gasteiger partial charge in [-0.05, 0) is 34.4 Å². The summed E-state index contributed by atoms with van der Waals surface area (Å²) in [6.07, 6.45) is -0.508. The molecule has 1 spiro atoms. The molecule has 1 atom stereocenters. The number of aromatic hydroxyl groups is 1. The van der Waals surface area contributed by atoms with Gasteiger partial charge in [0.05, 0.1) is 12.0 Å². The van der Waals surface area contributed by atoms with Crippen molar-refractivity contribution < 1.29 is 19.3 Å². The first-order valence-corrected chi connectivity index (χ1v) is 9.46. The number of ether oxygens (including phenoxy) is 3. The van der Waals surface area contributed by atoms with E-state index < -0.39 is 17.1 Å². The smallest absolute Gasteiger partial charge is 0.217 e. The van der Waals surface area contributed by atoms with Crippen LogP contribution in [-0.2, 0) is 20.3 Å². The summed E-state index contributed by atoms with van der Waals surface area (Å²) in [6.45, 7) is 0.429. The highest BCUT2D eigenvalue weighted by Crippen LogP contribution is 2.69. The third-order valence-electron chi connectivity index (χ3n) is 6.75. The fraction of sp³-hybridized carbons (Fsp3) is 0.250. The lowest BCUT2D eigenvalue weighted by Gasteiger charge is -2.54. The molecule has 0 saturated heterocycles. The molecule has 28 heavy (non-hydrogen) atoms. The molecule has 3 aromatic rings. The van der Waals surface area contributed by atoms with Gasteiger partial charge in [-0.3, -0.25) is 0 Å². The van der Waals surface area contributed by atoms with E-state index in [1.54, 1.807) is 20.3 Å². The number of hydrogen-bond donors (Lipinski definition) is 1. The van der Waals surface area contributed by atoms with Crippen molar-refractivity contribution in [2.45, 2.75) is 17.1 Å². The molecule has 0 radical (unpaired) electrons. The first-order chi connectivity index (χ1) is 13.7. The molecule has 3 aliphatic carbocycles. The van der Waals surface area contributed by atoms with Crippen molar-refractivity contribution in [2.24, 2.45) is 0 Å². The Morgan fingerprint density at radius 1 is 0.857 bits per heavy atom. The van der Waals surface area contributed by atoms with Gasteiger partial charge in [0.1, 0.15) is 16.9 Å². The van der Waals surface area contributed by atoms with Crippen LogP contribution in [0, 0.1) is 0 Å². The average Bonchev–Trinajstić information content (AvgIpc) is 3.08. The minimum absolute atomic E-state index is 0.268. The standard InChI is InChI=1S/C24H20O4/c1-26-13-23-14-7-3-5-9-16(14)24(17-10-6-4-8-15(17)23)21-19(28-22(24)27-2)12-11-18(25)20(21)23/h3-12,22,25H,13H2,1-2H3/t22-,23?,24?/m0/s1. The lowest BCUT2D eigenvalue weighted by atomic mass is 9.47. The van der Waals surface area contributed by atoms with Crippen LogP contribution in [0.1, 0.15) is 33.4 Å². The molecule has 4 nitrogen and oxygen atoms in total. The lowest BCUT2D eigenvalue weighted by Crippen LogP contribution is -2.56. The Labute approximate surface area is 163 Å². The first kappa shape index (κ1) is 16.2. The normalized spacial score (nSPS) is 27.7. The van der Waals surface area contributed by atoms with Crippen LogP contribution < -0.4 is 4.74 Å². The molecule has 0 fully saturated rings. The maximum atomic E-state index is 11.1. The van der Waals surface area contributed by atoms with Crippen LogP contribution in [0.25, 0.3) is 0 Å². The average molecular weight is 372 g/mol. The number of methoxy groups -OCH3 is 2.